The van der Waals surface area contributed by atoms with Crippen LogP contribution in [0.25, 0.3) is 10.8 Å². The molecular weight excluding hydrogens is 259 g/mol. The molecule has 1 amide bonds. The van der Waals surface area contributed by atoms with Gasteiger partial charge in [0.05, 0.1) is 0 Å². The molecule has 20 heavy (non-hydrogen) atoms. The first-order valence-corrected chi connectivity index (χ1v) is 6.57. The van der Waals surface area contributed by atoms with Crippen molar-refractivity contribution in [1.82, 2.24) is 4.90 Å². The molecule has 0 bridgehead atoms. The van der Waals surface area contributed by atoms with E-state index < -0.39 is 6.09 Å². The molecule has 1 fully saturated rings. The van der Waals surface area contributed by atoms with Gasteiger partial charge in [-0.05, 0) is 12.1 Å². The normalized spacial score (nSPS) is 15.7. The van der Waals surface area contributed by atoms with Crippen LogP contribution in [0, 0.1) is 5.82 Å². The summed E-state index contributed by atoms with van der Waals surface area (Å²) in [5.41, 5.74) is 0.965. The minimum Gasteiger partial charge on any atom is -0.465 e. The quantitative estimate of drug-likeness (QED) is 0.869. The van der Waals surface area contributed by atoms with Crippen LogP contribution in [-0.4, -0.2) is 42.3 Å². The number of carboxylic acid groups (broad SMARTS) is 1. The first kappa shape index (κ1) is 12.7. The van der Waals surface area contributed by atoms with Gasteiger partial charge in [-0.3, -0.25) is 0 Å². The van der Waals surface area contributed by atoms with E-state index in [1.807, 2.05) is 18.2 Å². The molecule has 5 heteroatoms. The highest BCUT2D eigenvalue weighted by atomic mass is 19.1. The summed E-state index contributed by atoms with van der Waals surface area (Å²) in [6.45, 7) is 2.20. The van der Waals surface area contributed by atoms with E-state index in [0.717, 1.165) is 11.1 Å². The molecule has 1 aliphatic heterocycles. The van der Waals surface area contributed by atoms with E-state index in [-0.39, 0.29) is 5.82 Å². The zero-order chi connectivity index (χ0) is 14.1. The Morgan fingerprint density at radius 1 is 1.00 bits per heavy atom. The monoisotopic (exact) mass is 274 g/mol. The van der Waals surface area contributed by atoms with Gasteiger partial charge in [0.15, 0.2) is 0 Å². The molecule has 0 aliphatic carbocycles. The molecule has 1 aliphatic rings. The van der Waals surface area contributed by atoms with Crippen molar-refractivity contribution in [3.05, 3.63) is 42.2 Å². The highest BCUT2D eigenvalue weighted by Gasteiger charge is 2.21. The number of piperazine rings is 1. The zero-order valence-electron chi connectivity index (χ0n) is 10.9. The molecule has 0 spiro atoms. The molecular formula is C15H15FN2O2. The summed E-state index contributed by atoms with van der Waals surface area (Å²) in [7, 11) is 0. The fourth-order valence-electron chi connectivity index (χ4n) is 2.66. The molecule has 0 radical (unpaired) electrons. The van der Waals surface area contributed by atoms with Crippen molar-refractivity contribution < 1.29 is 14.3 Å². The molecule has 4 nitrogen and oxygen atoms in total. The van der Waals surface area contributed by atoms with Crippen molar-refractivity contribution in [2.45, 2.75) is 0 Å². The fourth-order valence-corrected chi connectivity index (χ4v) is 2.66. The topological polar surface area (TPSA) is 43.8 Å². The van der Waals surface area contributed by atoms with Gasteiger partial charge in [-0.25, -0.2) is 9.18 Å². The van der Waals surface area contributed by atoms with Crippen LogP contribution in [0.1, 0.15) is 0 Å². The Kier molecular flexibility index (Phi) is 3.18. The molecule has 2 aromatic carbocycles. The van der Waals surface area contributed by atoms with Crippen molar-refractivity contribution in [2.24, 2.45) is 0 Å². The van der Waals surface area contributed by atoms with E-state index in [1.165, 1.54) is 11.0 Å². The van der Waals surface area contributed by atoms with Crippen LogP contribution in [0.3, 0.4) is 0 Å². The highest BCUT2D eigenvalue weighted by Crippen LogP contribution is 2.29. The van der Waals surface area contributed by atoms with Gasteiger partial charge < -0.3 is 14.9 Å². The van der Waals surface area contributed by atoms with Crippen LogP contribution in [-0.2, 0) is 0 Å². The van der Waals surface area contributed by atoms with E-state index >= 15 is 0 Å². The number of fused-ring (bicyclic) bond motifs is 1. The Morgan fingerprint density at radius 3 is 2.30 bits per heavy atom. The van der Waals surface area contributed by atoms with Crippen LogP contribution in [0.5, 0.6) is 0 Å². The number of benzene rings is 2. The van der Waals surface area contributed by atoms with E-state index in [0.29, 0.717) is 31.6 Å². The zero-order valence-corrected chi connectivity index (χ0v) is 10.9. The lowest BCUT2D eigenvalue weighted by Crippen LogP contribution is -2.48. The summed E-state index contributed by atoms with van der Waals surface area (Å²) in [6, 6.07) is 10.6. The van der Waals surface area contributed by atoms with Crippen LogP contribution in [0.4, 0.5) is 14.9 Å². The number of carbonyl (C=O) groups is 1. The summed E-state index contributed by atoms with van der Waals surface area (Å²) in [6.07, 6.45) is -0.881. The van der Waals surface area contributed by atoms with Crippen LogP contribution in [0.2, 0.25) is 0 Å². The smallest absolute Gasteiger partial charge is 0.407 e. The first-order chi connectivity index (χ1) is 9.66. The van der Waals surface area contributed by atoms with E-state index in [9.17, 15) is 9.18 Å². The summed E-state index contributed by atoms with van der Waals surface area (Å²) in [5.74, 6) is -0.228. The summed E-state index contributed by atoms with van der Waals surface area (Å²) in [5, 5.41) is 10.4. The van der Waals surface area contributed by atoms with Crippen LogP contribution in [0.15, 0.2) is 36.4 Å². The molecule has 1 N–H and O–H groups in total. The average Bonchev–Trinajstić information content (AvgIpc) is 2.48. The number of nitrogens with zero attached hydrogens (tertiary/aromatic N) is 2. The van der Waals surface area contributed by atoms with Crippen LogP contribution >= 0.6 is 0 Å². The molecule has 1 saturated heterocycles. The molecule has 0 saturated carbocycles. The minimum absolute atomic E-state index is 0.228. The third-order valence-corrected chi connectivity index (χ3v) is 3.74. The Bertz CT molecular complexity index is 651. The van der Waals surface area contributed by atoms with E-state index in [2.05, 4.69) is 4.90 Å². The average molecular weight is 274 g/mol. The van der Waals surface area contributed by atoms with Gasteiger partial charge in [0.1, 0.15) is 5.82 Å². The molecule has 2 aromatic rings. The standard InChI is InChI=1S/C15H15FN2O2/c16-13-5-6-14(12-4-2-1-3-11(12)13)17-7-9-18(10-8-17)15(19)20/h1-6H,7-10H2,(H,19,20). The summed E-state index contributed by atoms with van der Waals surface area (Å²) in [4.78, 5) is 14.4. The largest absolute Gasteiger partial charge is 0.465 e. The second-order valence-corrected chi connectivity index (χ2v) is 4.87. The molecule has 0 aromatic heterocycles. The van der Waals surface area contributed by atoms with Gasteiger partial charge in [0.25, 0.3) is 0 Å². The van der Waals surface area contributed by atoms with Gasteiger partial charge in [0.2, 0.25) is 0 Å². The number of halogens is 1. The lowest BCUT2D eigenvalue weighted by molar-refractivity contribution is 0.142. The maximum absolute atomic E-state index is 13.8. The lowest BCUT2D eigenvalue weighted by atomic mass is 10.1. The molecule has 104 valence electrons. The SMILES string of the molecule is O=C(O)N1CCN(c2ccc(F)c3ccccc23)CC1. The summed E-state index contributed by atoms with van der Waals surface area (Å²) >= 11 is 0. The number of hydrogen-bond donors (Lipinski definition) is 1. The summed E-state index contributed by atoms with van der Waals surface area (Å²) < 4.78 is 13.8. The van der Waals surface area contributed by atoms with Crippen molar-refractivity contribution in [3.63, 3.8) is 0 Å². The number of anilines is 1. The minimum atomic E-state index is -0.881. The second-order valence-electron chi connectivity index (χ2n) is 4.87. The number of hydrogen-bond acceptors (Lipinski definition) is 2. The maximum Gasteiger partial charge on any atom is 0.407 e. The van der Waals surface area contributed by atoms with Gasteiger partial charge in [0, 0.05) is 42.6 Å². The number of amides is 1. The predicted octanol–water partition coefficient (Wildman–Crippen LogP) is 2.78. The molecule has 0 unspecified atom stereocenters. The predicted molar refractivity (Wildman–Crippen MR) is 75.7 cm³/mol. The lowest BCUT2D eigenvalue weighted by Gasteiger charge is -2.35. The van der Waals surface area contributed by atoms with Gasteiger partial charge in [-0.15, -0.1) is 0 Å². The second kappa shape index (κ2) is 5.00. The Morgan fingerprint density at radius 2 is 1.65 bits per heavy atom. The Balaban J connectivity index is 1.92. The van der Waals surface area contributed by atoms with E-state index in [1.54, 1.807) is 12.1 Å². The third-order valence-electron chi connectivity index (χ3n) is 3.74. The van der Waals surface area contributed by atoms with Crippen molar-refractivity contribution in [2.75, 3.05) is 31.1 Å². The Labute approximate surface area is 116 Å². The third kappa shape index (κ3) is 2.15. The van der Waals surface area contributed by atoms with Gasteiger partial charge >= 0.3 is 6.09 Å². The van der Waals surface area contributed by atoms with Crippen molar-refractivity contribution in [3.8, 4) is 0 Å². The molecule has 3 rings (SSSR count). The van der Waals surface area contributed by atoms with Gasteiger partial charge in [-0.1, -0.05) is 24.3 Å². The Hall–Kier alpha value is -2.30. The number of rotatable bonds is 1. The molecule has 1 heterocycles. The van der Waals surface area contributed by atoms with Gasteiger partial charge in [-0.2, -0.15) is 0 Å². The van der Waals surface area contributed by atoms with Crippen LogP contribution < -0.4 is 4.90 Å². The van der Waals surface area contributed by atoms with E-state index in [4.69, 9.17) is 5.11 Å². The molecule has 0 atom stereocenters. The maximum atomic E-state index is 13.8. The first-order valence-electron chi connectivity index (χ1n) is 6.57. The fraction of sp³-hybridized carbons (Fsp3) is 0.267. The van der Waals surface area contributed by atoms with Crippen molar-refractivity contribution in [1.29, 1.82) is 0 Å². The highest BCUT2D eigenvalue weighted by molar-refractivity contribution is 5.94. The van der Waals surface area contributed by atoms with Crippen molar-refractivity contribution >= 4 is 22.6 Å².